The van der Waals surface area contributed by atoms with E-state index >= 15 is 0 Å². The van der Waals surface area contributed by atoms with Crippen molar-refractivity contribution in [1.29, 1.82) is 5.26 Å². The zero-order chi connectivity index (χ0) is 14.3. The third kappa shape index (κ3) is 4.98. The van der Waals surface area contributed by atoms with Gasteiger partial charge >= 0.3 is 0 Å². The summed E-state index contributed by atoms with van der Waals surface area (Å²) in [5.41, 5.74) is 0.729. The average Bonchev–Trinajstić information content (AvgIpc) is 2.38. The van der Waals surface area contributed by atoms with Gasteiger partial charge in [-0.3, -0.25) is 4.90 Å². The Balaban J connectivity index is 2.76. The van der Waals surface area contributed by atoms with Crippen molar-refractivity contribution >= 4 is 0 Å². The van der Waals surface area contributed by atoms with Gasteiger partial charge < -0.3 is 4.90 Å². The lowest BCUT2D eigenvalue weighted by Gasteiger charge is -2.24. The van der Waals surface area contributed by atoms with Gasteiger partial charge in [-0.2, -0.15) is 5.26 Å². The molecule has 0 amide bonds. The molecule has 4 heteroatoms. The highest BCUT2D eigenvalue weighted by molar-refractivity contribution is 5.34. The molecule has 0 N–H and O–H groups in total. The summed E-state index contributed by atoms with van der Waals surface area (Å²) in [5.74, 6) is -0.379. The molecule has 19 heavy (non-hydrogen) atoms. The second kappa shape index (κ2) is 7.88. The van der Waals surface area contributed by atoms with Crippen LogP contribution >= 0.6 is 0 Å². The standard InChI is InChI=1S/C15H22FN3/c1-4-8-19(10-9-18(2)3)12-14-7-5-6-13(11-17)15(14)16/h5-7H,4,8-10,12H2,1-3H3. The first-order valence-corrected chi connectivity index (χ1v) is 6.63. The third-order valence-corrected chi connectivity index (χ3v) is 3.00. The summed E-state index contributed by atoms with van der Waals surface area (Å²) in [6, 6.07) is 6.91. The van der Waals surface area contributed by atoms with E-state index in [1.165, 1.54) is 6.07 Å². The summed E-state index contributed by atoms with van der Waals surface area (Å²) in [6.45, 7) is 5.45. The molecule has 3 nitrogen and oxygen atoms in total. The van der Waals surface area contributed by atoms with Crippen LogP contribution in [0.25, 0.3) is 0 Å². The second-order valence-corrected chi connectivity index (χ2v) is 4.97. The number of hydrogen-bond acceptors (Lipinski definition) is 3. The smallest absolute Gasteiger partial charge is 0.145 e. The number of halogens is 1. The van der Waals surface area contributed by atoms with Gasteiger partial charge in [-0.1, -0.05) is 19.1 Å². The molecule has 0 aliphatic heterocycles. The molecule has 0 unspecified atom stereocenters. The quantitative estimate of drug-likeness (QED) is 0.757. The first-order chi connectivity index (χ1) is 9.08. The topological polar surface area (TPSA) is 30.3 Å². The van der Waals surface area contributed by atoms with Crippen LogP contribution in [0.5, 0.6) is 0 Å². The van der Waals surface area contributed by atoms with Gasteiger partial charge in [-0.15, -0.1) is 0 Å². The highest BCUT2D eigenvalue weighted by Crippen LogP contribution is 2.14. The molecule has 0 radical (unpaired) electrons. The summed E-state index contributed by atoms with van der Waals surface area (Å²) in [7, 11) is 4.06. The van der Waals surface area contributed by atoms with Gasteiger partial charge in [0.15, 0.2) is 0 Å². The molecule has 1 rings (SSSR count). The lowest BCUT2D eigenvalue weighted by atomic mass is 10.1. The van der Waals surface area contributed by atoms with Crippen LogP contribution in [0.3, 0.4) is 0 Å². The Hall–Kier alpha value is -1.44. The Kier molecular flexibility index (Phi) is 6.48. The molecule has 104 valence electrons. The Morgan fingerprint density at radius 3 is 2.53 bits per heavy atom. The SMILES string of the molecule is CCCN(CCN(C)C)Cc1cccc(C#N)c1F. The van der Waals surface area contributed by atoms with E-state index < -0.39 is 0 Å². The van der Waals surface area contributed by atoms with Gasteiger partial charge in [-0.25, -0.2) is 4.39 Å². The maximum atomic E-state index is 14.0. The minimum absolute atomic E-state index is 0.126. The molecule has 0 bridgehead atoms. The largest absolute Gasteiger partial charge is 0.308 e. The van der Waals surface area contributed by atoms with Gasteiger partial charge in [0, 0.05) is 25.2 Å². The summed E-state index contributed by atoms with van der Waals surface area (Å²) in [6.07, 6.45) is 1.03. The van der Waals surface area contributed by atoms with E-state index in [0.717, 1.165) is 26.1 Å². The Labute approximate surface area is 115 Å². The summed E-state index contributed by atoms with van der Waals surface area (Å²) in [5, 5.41) is 8.85. The number of nitrogens with zero attached hydrogens (tertiary/aromatic N) is 3. The van der Waals surface area contributed by atoms with Crippen molar-refractivity contribution in [1.82, 2.24) is 9.80 Å². The molecular formula is C15H22FN3. The number of benzene rings is 1. The average molecular weight is 263 g/mol. The monoisotopic (exact) mass is 263 g/mol. The van der Waals surface area contributed by atoms with Gasteiger partial charge in [0.1, 0.15) is 11.9 Å². The van der Waals surface area contributed by atoms with Gasteiger partial charge in [0.25, 0.3) is 0 Å². The fraction of sp³-hybridized carbons (Fsp3) is 0.533. The molecule has 0 aromatic heterocycles. The highest BCUT2D eigenvalue weighted by atomic mass is 19.1. The van der Waals surface area contributed by atoms with Crippen molar-refractivity contribution in [2.75, 3.05) is 33.7 Å². The zero-order valence-corrected chi connectivity index (χ0v) is 12.0. The first-order valence-electron chi connectivity index (χ1n) is 6.63. The summed E-state index contributed by atoms with van der Waals surface area (Å²) in [4.78, 5) is 4.34. The minimum atomic E-state index is -0.379. The predicted octanol–water partition coefficient (Wildman–Crippen LogP) is 2.47. The molecule has 0 saturated carbocycles. The van der Waals surface area contributed by atoms with E-state index in [2.05, 4.69) is 16.7 Å². The van der Waals surface area contributed by atoms with Crippen LogP contribution < -0.4 is 0 Å². The van der Waals surface area contributed by atoms with Crippen LogP contribution in [0, 0.1) is 17.1 Å². The van der Waals surface area contributed by atoms with Gasteiger partial charge in [-0.05, 0) is 33.1 Å². The molecule has 1 aromatic carbocycles. The molecule has 0 atom stereocenters. The molecule has 0 fully saturated rings. The van der Waals surface area contributed by atoms with Crippen molar-refractivity contribution < 1.29 is 4.39 Å². The zero-order valence-electron chi connectivity index (χ0n) is 12.0. The minimum Gasteiger partial charge on any atom is -0.308 e. The van der Waals surface area contributed by atoms with Crippen LogP contribution in [0.4, 0.5) is 4.39 Å². The van der Waals surface area contributed by atoms with Crippen LogP contribution in [-0.2, 0) is 6.54 Å². The lowest BCUT2D eigenvalue weighted by Crippen LogP contribution is -2.32. The van der Waals surface area contributed by atoms with Crippen molar-refractivity contribution in [3.63, 3.8) is 0 Å². The lowest BCUT2D eigenvalue weighted by molar-refractivity contribution is 0.231. The maximum Gasteiger partial charge on any atom is 0.145 e. The normalized spacial score (nSPS) is 11.0. The molecule has 0 heterocycles. The first kappa shape index (κ1) is 15.6. The number of likely N-dealkylation sites (N-methyl/N-ethyl adjacent to an activating group) is 1. The van der Waals surface area contributed by atoms with E-state index in [0.29, 0.717) is 12.1 Å². The third-order valence-electron chi connectivity index (χ3n) is 3.00. The van der Waals surface area contributed by atoms with Crippen LogP contribution in [0.15, 0.2) is 18.2 Å². The summed E-state index contributed by atoms with van der Waals surface area (Å²) < 4.78 is 14.0. The second-order valence-electron chi connectivity index (χ2n) is 4.97. The van der Waals surface area contributed by atoms with E-state index in [4.69, 9.17) is 5.26 Å². The fourth-order valence-electron chi connectivity index (χ4n) is 1.96. The molecule has 0 saturated heterocycles. The van der Waals surface area contributed by atoms with E-state index in [1.54, 1.807) is 12.1 Å². The molecular weight excluding hydrogens is 241 g/mol. The molecule has 1 aromatic rings. The number of nitriles is 1. The van der Waals surface area contributed by atoms with Gasteiger partial charge in [0.2, 0.25) is 0 Å². The van der Waals surface area contributed by atoms with Crippen molar-refractivity contribution in [3.8, 4) is 6.07 Å². The number of hydrogen-bond donors (Lipinski definition) is 0. The highest BCUT2D eigenvalue weighted by Gasteiger charge is 2.11. The van der Waals surface area contributed by atoms with Crippen LogP contribution in [0.1, 0.15) is 24.5 Å². The van der Waals surface area contributed by atoms with E-state index in [1.807, 2.05) is 20.2 Å². The fourth-order valence-corrected chi connectivity index (χ4v) is 1.96. The van der Waals surface area contributed by atoms with E-state index in [9.17, 15) is 4.39 Å². The maximum absolute atomic E-state index is 14.0. The summed E-state index contributed by atoms with van der Waals surface area (Å²) >= 11 is 0. The van der Waals surface area contributed by atoms with Crippen molar-refractivity contribution in [2.45, 2.75) is 19.9 Å². The van der Waals surface area contributed by atoms with Crippen molar-refractivity contribution in [3.05, 3.63) is 35.1 Å². The Bertz CT molecular complexity index is 438. The van der Waals surface area contributed by atoms with Crippen LogP contribution in [-0.4, -0.2) is 43.5 Å². The molecule has 0 spiro atoms. The van der Waals surface area contributed by atoms with Gasteiger partial charge in [0.05, 0.1) is 5.56 Å². The van der Waals surface area contributed by atoms with Crippen molar-refractivity contribution in [2.24, 2.45) is 0 Å². The molecule has 0 aliphatic rings. The molecule has 0 aliphatic carbocycles. The number of rotatable bonds is 7. The predicted molar refractivity (Wildman–Crippen MR) is 75.2 cm³/mol. The Morgan fingerprint density at radius 1 is 1.21 bits per heavy atom. The van der Waals surface area contributed by atoms with Crippen LogP contribution in [0.2, 0.25) is 0 Å². The Morgan fingerprint density at radius 2 is 1.95 bits per heavy atom. The van der Waals surface area contributed by atoms with E-state index in [-0.39, 0.29) is 11.4 Å².